The first-order chi connectivity index (χ1) is 7.25. The van der Waals surface area contributed by atoms with Crippen LogP contribution in [-0.2, 0) is 0 Å². The van der Waals surface area contributed by atoms with Crippen LogP contribution in [0, 0.1) is 0 Å². The van der Waals surface area contributed by atoms with Gasteiger partial charge in [0.25, 0.3) is 0 Å². The first-order valence-corrected chi connectivity index (χ1v) is 5.88. The molecule has 1 aromatic carbocycles. The van der Waals surface area contributed by atoms with Crippen molar-refractivity contribution in [3.8, 4) is 11.6 Å². The highest BCUT2D eigenvalue weighted by atomic mass is 79.9. The Hall–Kier alpha value is -0.870. The molecule has 1 heterocycles. The number of aromatic nitrogens is 1. The van der Waals surface area contributed by atoms with E-state index in [-0.39, 0.29) is 0 Å². The predicted octanol–water partition coefficient (Wildman–Crippen LogP) is 4.40. The largest absolute Gasteiger partial charge is 0.438 e. The van der Waals surface area contributed by atoms with Gasteiger partial charge in [-0.15, -0.1) is 0 Å². The zero-order chi connectivity index (χ0) is 10.7. The third-order valence-corrected chi connectivity index (χ3v) is 2.89. The Morgan fingerprint density at radius 1 is 1.00 bits per heavy atom. The number of hydrogen-bond acceptors (Lipinski definition) is 2. The van der Waals surface area contributed by atoms with Crippen LogP contribution >= 0.6 is 31.9 Å². The Morgan fingerprint density at radius 3 is 2.40 bits per heavy atom. The van der Waals surface area contributed by atoms with Crippen molar-refractivity contribution in [2.75, 3.05) is 0 Å². The van der Waals surface area contributed by atoms with E-state index < -0.39 is 0 Å². The highest BCUT2D eigenvalue weighted by Gasteiger charge is 2.02. The molecule has 0 saturated heterocycles. The summed E-state index contributed by atoms with van der Waals surface area (Å²) in [6, 6.07) is 11.3. The number of nitrogens with zero attached hydrogens (tertiary/aromatic N) is 1. The second kappa shape index (κ2) is 4.77. The fourth-order valence-electron chi connectivity index (χ4n) is 1.06. The van der Waals surface area contributed by atoms with Crippen molar-refractivity contribution >= 4 is 31.9 Å². The van der Waals surface area contributed by atoms with Crippen molar-refractivity contribution in [2.45, 2.75) is 0 Å². The van der Waals surface area contributed by atoms with Crippen LogP contribution in [0.2, 0.25) is 0 Å². The molecule has 0 aliphatic carbocycles. The number of rotatable bonds is 2. The minimum absolute atomic E-state index is 0.569. The number of halogens is 2. The van der Waals surface area contributed by atoms with Crippen LogP contribution in [0.25, 0.3) is 0 Å². The van der Waals surface area contributed by atoms with Crippen molar-refractivity contribution in [1.29, 1.82) is 0 Å². The van der Waals surface area contributed by atoms with Crippen LogP contribution in [0.1, 0.15) is 0 Å². The van der Waals surface area contributed by atoms with Crippen LogP contribution in [0.4, 0.5) is 0 Å². The van der Waals surface area contributed by atoms with E-state index in [2.05, 4.69) is 36.8 Å². The van der Waals surface area contributed by atoms with Crippen molar-refractivity contribution in [3.63, 3.8) is 0 Å². The molecule has 0 saturated carbocycles. The predicted molar refractivity (Wildman–Crippen MR) is 66.2 cm³/mol. The van der Waals surface area contributed by atoms with Gasteiger partial charge in [0.1, 0.15) is 5.75 Å². The molecule has 0 amide bonds. The van der Waals surface area contributed by atoms with Crippen LogP contribution < -0.4 is 4.74 Å². The molecule has 0 bridgehead atoms. The summed E-state index contributed by atoms with van der Waals surface area (Å²) in [6.07, 6.45) is 1.69. The zero-order valence-corrected chi connectivity index (χ0v) is 10.8. The van der Waals surface area contributed by atoms with Crippen molar-refractivity contribution in [2.24, 2.45) is 0 Å². The molecule has 0 fully saturated rings. The van der Waals surface area contributed by atoms with Crippen molar-refractivity contribution in [1.82, 2.24) is 4.98 Å². The Morgan fingerprint density at radius 2 is 1.73 bits per heavy atom. The molecule has 2 nitrogen and oxygen atoms in total. The molecular formula is C11H7Br2NO. The van der Waals surface area contributed by atoms with E-state index in [1.165, 1.54) is 0 Å². The number of hydrogen-bond donors (Lipinski definition) is 0. The zero-order valence-electron chi connectivity index (χ0n) is 7.65. The lowest BCUT2D eigenvalue weighted by Gasteiger charge is -2.05. The molecule has 4 heteroatoms. The lowest BCUT2D eigenvalue weighted by atomic mass is 10.3. The smallest absolute Gasteiger partial charge is 0.233 e. The summed E-state index contributed by atoms with van der Waals surface area (Å²) in [5, 5.41) is 0. The molecular weight excluding hydrogens is 322 g/mol. The molecule has 0 aliphatic heterocycles. The number of ether oxygens (including phenoxy) is 1. The lowest BCUT2D eigenvalue weighted by Crippen LogP contribution is -1.87. The Kier molecular flexibility index (Phi) is 3.38. The first kappa shape index (κ1) is 10.6. The van der Waals surface area contributed by atoms with Crippen LogP contribution in [0.3, 0.4) is 0 Å². The summed E-state index contributed by atoms with van der Waals surface area (Å²) >= 11 is 6.74. The minimum Gasteiger partial charge on any atom is -0.438 e. The quantitative estimate of drug-likeness (QED) is 0.815. The van der Waals surface area contributed by atoms with Gasteiger partial charge in [-0.05, 0) is 52.3 Å². The SMILES string of the molecule is Brc1ccc(Oc2ncccc2Br)cc1. The summed E-state index contributed by atoms with van der Waals surface area (Å²) < 4.78 is 7.45. The molecule has 15 heavy (non-hydrogen) atoms. The van der Waals surface area contributed by atoms with Gasteiger partial charge in [0, 0.05) is 10.7 Å². The van der Waals surface area contributed by atoms with Crippen LogP contribution in [0.5, 0.6) is 11.6 Å². The Labute approximate surface area is 105 Å². The summed E-state index contributed by atoms with van der Waals surface area (Å²) in [6.45, 7) is 0. The van der Waals surface area contributed by atoms with Crippen molar-refractivity contribution < 1.29 is 4.74 Å². The van der Waals surface area contributed by atoms with Gasteiger partial charge in [-0.3, -0.25) is 0 Å². The van der Waals surface area contributed by atoms with E-state index in [1.54, 1.807) is 6.20 Å². The highest BCUT2D eigenvalue weighted by molar-refractivity contribution is 9.10. The molecule has 0 atom stereocenters. The summed E-state index contributed by atoms with van der Waals surface area (Å²) in [5.74, 6) is 1.33. The topological polar surface area (TPSA) is 22.1 Å². The van der Waals surface area contributed by atoms with Gasteiger partial charge in [0.05, 0.1) is 4.47 Å². The minimum atomic E-state index is 0.569. The fourth-order valence-corrected chi connectivity index (χ4v) is 1.66. The molecule has 0 N–H and O–H groups in total. The van der Waals surface area contributed by atoms with Gasteiger partial charge in [0.15, 0.2) is 0 Å². The summed E-state index contributed by atoms with van der Waals surface area (Å²) in [5.41, 5.74) is 0. The van der Waals surface area contributed by atoms with Gasteiger partial charge in [-0.25, -0.2) is 4.98 Å². The average molecular weight is 329 g/mol. The average Bonchev–Trinajstić information content (AvgIpc) is 2.25. The number of pyridine rings is 1. The van der Waals surface area contributed by atoms with Gasteiger partial charge in [0.2, 0.25) is 5.88 Å². The molecule has 76 valence electrons. The maximum Gasteiger partial charge on any atom is 0.233 e. The van der Waals surface area contributed by atoms with E-state index in [0.29, 0.717) is 5.88 Å². The fraction of sp³-hybridized carbons (Fsp3) is 0. The van der Waals surface area contributed by atoms with Gasteiger partial charge in [-0.2, -0.15) is 0 Å². The van der Waals surface area contributed by atoms with Gasteiger partial charge in [-0.1, -0.05) is 15.9 Å². The van der Waals surface area contributed by atoms with Crippen LogP contribution in [0.15, 0.2) is 51.5 Å². The third kappa shape index (κ3) is 2.79. The molecule has 0 aliphatic rings. The second-order valence-corrected chi connectivity index (χ2v) is 4.62. The maximum atomic E-state index is 5.59. The van der Waals surface area contributed by atoms with Gasteiger partial charge < -0.3 is 4.74 Å². The van der Waals surface area contributed by atoms with E-state index in [9.17, 15) is 0 Å². The number of benzene rings is 1. The molecule has 0 radical (unpaired) electrons. The van der Waals surface area contributed by atoms with E-state index >= 15 is 0 Å². The van der Waals surface area contributed by atoms with E-state index in [0.717, 1.165) is 14.7 Å². The Balaban J connectivity index is 2.22. The van der Waals surface area contributed by atoms with E-state index in [1.807, 2.05) is 36.4 Å². The maximum absolute atomic E-state index is 5.59. The molecule has 0 spiro atoms. The molecule has 0 unspecified atom stereocenters. The van der Waals surface area contributed by atoms with Gasteiger partial charge >= 0.3 is 0 Å². The molecule has 2 rings (SSSR count). The monoisotopic (exact) mass is 327 g/mol. The molecule has 2 aromatic rings. The van der Waals surface area contributed by atoms with E-state index in [4.69, 9.17) is 4.74 Å². The first-order valence-electron chi connectivity index (χ1n) is 4.29. The summed E-state index contributed by atoms with van der Waals surface area (Å²) in [7, 11) is 0. The van der Waals surface area contributed by atoms with Crippen LogP contribution in [-0.4, -0.2) is 4.98 Å². The third-order valence-electron chi connectivity index (χ3n) is 1.75. The van der Waals surface area contributed by atoms with Crippen molar-refractivity contribution in [3.05, 3.63) is 51.5 Å². The normalized spacial score (nSPS) is 10.0. The second-order valence-electron chi connectivity index (χ2n) is 2.85. The Bertz CT molecular complexity index is 456. The lowest BCUT2D eigenvalue weighted by molar-refractivity contribution is 0.459. The highest BCUT2D eigenvalue weighted by Crippen LogP contribution is 2.27. The molecule has 1 aromatic heterocycles. The standard InChI is InChI=1S/C11H7Br2NO/c12-8-3-5-9(6-4-8)15-11-10(13)2-1-7-14-11/h1-7H. The summed E-state index contributed by atoms with van der Waals surface area (Å²) in [4.78, 5) is 4.12.